The van der Waals surface area contributed by atoms with Crippen molar-refractivity contribution in [2.75, 3.05) is 6.61 Å². The fourth-order valence-electron chi connectivity index (χ4n) is 1.47. The van der Waals surface area contributed by atoms with E-state index in [9.17, 15) is 9.59 Å². The minimum Gasteiger partial charge on any atom is -0.271 e. The van der Waals surface area contributed by atoms with Gasteiger partial charge in [-0.1, -0.05) is 18.2 Å². The monoisotopic (exact) mass is 219 g/mol. The van der Waals surface area contributed by atoms with Crippen molar-refractivity contribution in [1.82, 2.24) is 5.06 Å². The van der Waals surface area contributed by atoms with Crippen molar-refractivity contribution in [3.63, 3.8) is 0 Å². The summed E-state index contributed by atoms with van der Waals surface area (Å²) < 4.78 is 0. The number of hydroxylamine groups is 2. The summed E-state index contributed by atoms with van der Waals surface area (Å²) in [4.78, 5) is 28.9. The van der Waals surface area contributed by atoms with Crippen LogP contribution >= 0.6 is 0 Å². The molecular weight excluding hydrogens is 206 g/mol. The molecule has 84 valence electrons. The van der Waals surface area contributed by atoms with Gasteiger partial charge in [0, 0.05) is 5.56 Å². The van der Waals surface area contributed by atoms with Gasteiger partial charge in [0.2, 0.25) is 0 Å². The SMILES string of the molecule is CC1(C)CON(C(=O)c2ccccc2)C1=O. The van der Waals surface area contributed by atoms with Crippen LogP contribution in [0, 0.1) is 5.41 Å². The highest BCUT2D eigenvalue weighted by atomic mass is 16.7. The van der Waals surface area contributed by atoms with Crippen molar-refractivity contribution < 1.29 is 14.4 Å². The third kappa shape index (κ3) is 1.72. The van der Waals surface area contributed by atoms with E-state index < -0.39 is 11.3 Å². The molecule has 4 heteroatoms. The quantitative estimate of drug-likeness (QED) is 0.674. The molecule has 0 spiro atoms. The third-order valence-electron chi connectivity index (χ3n) is 2.52. The Morgan fingerprint density at radius 3 is 2.44 bits per heavy atom. The van der Waals surface area contributed by atoms with Crippen LogP contribution in [0.5, 0.6) is 0 Å². The lowest BCUT2D eigenvalue weighted by Crippen LogP contribution is -2.35. The molecule has 0 saturated carbocycles. The van der Waals surface area contributed by atoms with Gasteiger partial charge in [0.05, 0.1) is 12.0 Å². The summed E-state index contributed by atoms with van der Waals surface area (Å²) >= 11 is 0. The molecule has 1 aliphatic rings. The molecule has 1 aromatic carbocycles. The Morgan fingerprint density at radius 2 is 1.94 bits per heavy atom. The summed E-state index contributed by atoms with van der Waals surface area (Å²) in [6.45, 7) is 3.76. The van der Waals surface area contributed by atoms with Crippen LogP contribution in [0.4, 0.5) is 0 Å². The normalized spacial score (nSPS) is 18.9. The van der Waals surface area contributed by atoms with Crippen LogP contribution < -0.4 is 0 Å². The fourth-order valence-corrected chi connectivity index (χ4v) is 1.47. The second kappa shape index (κ2) is 3.72. The van der Waals surface area contributed by atoms with Gasteiger partial charge in [-0.15, -0.1) is 5.06 Å². The summed E-state index contributed by atoms with van der Waals surface area (Å²) in [6.07, 6.45) is 0. The van der Waals surface area contributed by atoms with Crippen LogP contribution in [0.2, 0.25) is 0 Å². The minimum absolute atomic E-state index is 0.240. The Kier molecular flexibility index (Phi) is 2.52. The topological polar surface area (TPSA) is 46.6 Å². The fraction of sp³-hybridized carbons (Fsp3) is 0.333. The summed E-state index contributed by atoms with van der Waals surface area (Å²) in [7, 11) is 0. The first-order valence-corrected chi connectivity index (χ1v) is 5.09. The van der Waals surface area contributed by atoms with Gasteiger partial charge < -0.3 is 0 Å². The number of rotatable bonds is 1. The Labute approximate surface area is 93.8 Å². The summed E-state index contributed by atoms with van der Waals surface area (Å²) in [5, 5.41) is 0.856. The molecule has 0 N–H and O–H groups in total. The van der Waals surface area contributed by atoms with E-state index in [0.717, 1.165) is 5.06 Å². The van der Waals surface area contributed by atoms with Gasteiger partial charge in [-0.2, -0.15) is 0 Å². The summed E-state index contributed by atoms with van der Waals surface area (Å²) in [5.41, 5.74) is -0.168. The number of hydrogen-bond acceptors (Lipinski definition) is 3. The van der Waals surface area contributed by atoms with E-state index in [4.69, 9.17) is 4.84 Å². The first-order valence-electron chi connectivity index (χ1n) is 5.09. The zero-order valence-corrected chi connectivity index (χ0v) is 9.27. The zero-order chi connectivity index (χ0) is 11.8. The molecule has 2 rings (SSSR count). The molecule has 4 nitrogen and oxygen atoms in total. The Hall–Kier alpha value is -1.68. The predicted octanol–water partition coefficient (Wildman–Crippen LogP) is 1.63. The first-order chi connectivity index (χ1) is 7.52. The van der Waals surface area contributed by atoms with Gasteiger partial charge in [-0.3, -0.25) is 14.4 Å². The van der Waals surface area contributed by atoms with E-state index in [0.29, 0.717) is 5.56 Å². The molecule has 16 heavy (non-hydrogen) atoms. The standard InChI is InChI=1S/C12H13NO3/c1-12(2)8-16-13(11(12)15)10(14)9-6-4-3-5-7-9/h3-7H,8H2,1-2H3. The van der Waals surface area contributed by atoms with Crippen LogP contribution in [-0.2, 0) is 9.63 Å². The van der Waals surface area contributed by atoms with E-state index in [1.807, 2.05) is 6.07 Å². The molecule has 1 fully saturated rings. The van der Waals surface area contributed by atoms with E-state index in [-0.39, 0.29) is 12.5 Å². The molecule has 0 bridgehead atoms. The molecule has 0 unspecified atom stereocenters. The number of nitrogens with zero attached hydrogens (tertiary/aromatic N) is 1. The van der Waals surface area contributed by atoms with Gasteiger partial charge in [-0.05, 0) is 26.0 Å². The van der Waals surface area contributed by atoms with Crippen molar-refractivity contribution in [3.8, 4) is 0 Å². The molecule has 0 aromatic heterocycles. The Morgan fingerprint density at radius 1 is 1.31 bits per heavy atom. The van der Waals surface area contributed by atoms with Crippen LogP contribution in [0.3, 0.4) is 0 Å². The Bertz CT molecular complexity index is 425. The number of hydrogen-bond donors (Lipinski definition) is 0. The average molecular weight is 219 g/mol. The maximum atomic E-state index is 11.9. The van der Waals surface area contributed by atoms with Crippen LogP contribution in [0.25, 0.3) is 0 Å². The minimum atomic E-state index is -0.621. The molecule has 1 aromatic rings. The summed E-state index contributed by atoms with van der Waals surface area (Å²) in [6, 6.07) is 8.62. The highest BCUT2D eigenvalue weighted by Crippen LogP contribution is 2.27. The molecule has 1 saturated heterocycles. The lowest BCUT2D eigenvalue weighted by atomic mass is 9.95. The molecule has 1 aliphatic heterocycles. The van der Waals surface area contributed by atoms with E-state index >= 15 is 0 Å². The van der Waals surface area contributed by atoms with Gasteiger partial charge in [0.15, 0.2) is 0 Å². The molecule has 2 amide bonds. The van der Waals surface area contributed by atoms with Gasteiger partial charge >= 0.3 is 0 Å². The lowest BCUT2D eigenvalue weighted by Gasteiger charge is -2.14. The van der Waals surface area contributed by atoms with E-state index in [2.05, 4.69) is 0 Å². The van der Waals surface area contributed by atoms with Crippen LogP contribution in [-0.4, -0.2) is 23.5 Å². The van der Waals surface area contributed by atoms with Crippen LogP contribution in [0.15, 0.2) is 30.3 Å². The number of carbonyl (C=O) groups excluding carboxylic acids is 2. The van der Waals surface area contributed by atoms with Gasteiger partial charge in [-0.25, -0.2) is 0 Å². The molecule has 1 heterocycles. The van der Waals surface area contributed by atoms with E-state index in [1.54, 1.807) is 38.1 Å². The highest BCUT2D eigenvalue weighted by molar-refractivity contribution is 6.05. The molecule has 0 aliphatic carbocycles. The Balaban J connectivity index is 2.23. The zero-order valence-electron chi connectivity index (χ0n) is 9.27. The molecule has 0 atom stereocenters. The number of benzene rings is 1. The summed E-state index contributed by atoms with van der Waals surface area (Å²) in [5.74, 6) is -0.697. The first kappa shape index (κ1) is 10.8. The average Bonchev–Trinajstić information content (AvgIpc) is 2.55. The number of amides is 2. The number of imide groups is 1. The highest BCUT2D eigenvalue weighted by Gasteiger charge is 2.43. The predicted molar refractivity (Wildman–Crippen MR) is 57.4 cm³/mol. The van der Waals surface area contributed by atoms with Crippen molar-refractivity contribution in [1.29, 1.82) is 0 Å². The molecule has 0 radical (unpaired) electrons. The lowest BCUT2D eigenvalue weighted by molar-refractivity contribution is -0.150. The maximum Gasteiger partial charge on any atom is 0.284 e. The van der Waals surface area contributed by atoms with Crippen LogP contribution in [0.1, 0.15) is 24.2 Å². The smallest absolute Gasteiger partial charge is 0.271 e. The van der Waals surface area contributed by atoms with Gasteiger partial charge in [0.1, 0.15) is 0 Å². The second-order valence-corrected chi connectivity index (χ2v) is 4.43. The van der Waals surface area contributed by atoms with Crippen molar-refractivity contribution in [3.05, 3.63) is 35.9 Å². The number of carbonyl (C=O) groups is 2. The molecular formula is C12H13NO3. The maximum absolute atomic E-state index is 11.9. The largest absolute Gasteiger partial charge is 0.284 e. The third-order valence-corrected chi connectivity index (χ3v) is 2.52. The van der Waals surface area contributed by atoms with Crippen molar-refractivity contribution in [2.24, 2.45) is 5.41 Å². The van der Waals surface area contributed by atoms with Gasteiger partial charge in [0.25, 0.3) is 11.8 Å². The van der Waals surface area contributed by atoms with Crippen molar-refractivity contribution in [2.45, 2.75) is 13.8 Å². The second-order valence-electron chi connectivity index (χ2n) is 4.43. The van der Waals surface area contributed by atoms with E-state index in [1.165, 1.54) is 0 Å². The van der Waals surface area contributed by atoms with Crippen molar-refractivity contribution >= 4 is 11.8 Å².